The third-order valence-corrected chi connectivity index (χ3v) is 6.41. The molecule has 17 nitrogen and oxygen atoms in total. The SMILES string of the molecule is CNC(=O)N(C)S(=O)(=O)NC(=O)N1C[C@H](NC(=O)C(=NOC(C)(C)C(=O)O)c2csc(N)n2)C1=O. The van der Waals surface area contributed by atoms with Gasteiger partial charge in [-0.2, -0.15) is 8.42 Å². The molecular formula is C16H22N8O9S2. The first-order valence-electron chi connectivity index (χ1n) is 9.46. The van der Waals surface area contributed by atoms with Gasteiger partial charge in [-0.1, -0.05) is 5.16 Å². The van der Waals surface area contributed by atoms with Crippen LogP contribution in [0.15, 0.2) is 10.5 Å². The average molecular weight is 535 g/mol. The van der Waals surface area contributed by atoms with Gasteiger partial charge in [-0.15, -0.1) is 11.3 Å². The van der Waals surface area contributed by atoms with Crippen LogP contribution in [-0.2, 0) is 29.4 Å². The molecule has 35 heavy (non-hydrogen) atoms. The predicted octanol–water partition coefficient (Wildman–Crippen LogP) is -2.14. The number of nitrogens with one attached hydrogen (secondary N) is 3. The number of aromatic nitrogens is 1. The summed E-state index contributed by atoms with van der Waals surface area (Å²) in [7, 11) is -2.54. The summed E-state index contributed by atoms with van der Waals surface area (Å²) in [5.74, 6) is -3.33. The highest BCUT2D eigenvalue weighted by molar-refractivity contribution is 7.88. The molecule has 0 saturated carbocycles. The van der Waals surface area contributed by atoms with Gasteiger partial charge in [0.05, 0.1) is 6.54 Å². The van der Waals surface area contributed by atoms with Crippen molar-refractivity contribution in [2.24, 2.45) is 5.16 Å². The van der Waals surface area contributed by atoms with E-state index in [-0.39, 0.29) is 15.1 Å². The molecule has 0 aromatic carbocycles. The fraction of sp³-hybridized carbons (Fsp3) is 0.438. The van der Waals surface area contributed by atoms with Gasteiger partial charge < -0.3 is 26.3 Å². The maximum absolute atomic E-state index is 12.7. The first-order chi connectivity index (χ1) is 16.1. The topological polar surface area (TPSA) is 243 Å². The summed E-state index contributed by atoms with van der Waals surface area (Å²) < 4.78 is 25.8. The number of nitrogen functional groups attached to an aromatic ring is 1. The summed E-state index contributed by atoms with van der Waals surface area (Å²) in [6, 6.07) is -3.63. The highest BCUT2D eigenvalue weighted by Crippen LogP contribution is 2.17. The number of imide groups is 1. The molecule has 1 aliphatic rings. The fourth-order valence-corrected chi connectivity index (χ4v) is 3.57. The number of carbonyl (C=O) groups excluding carboxylic acids is 4. The molecule has 6 amide bonds. The second-order valence-corrected chi connectivity index (χ2v) is 9.92. The quantitative estimate of drug-likeness (QED) is 0.137. The summed E-state index contributed by atoms with van der Waals surface area (Å²) in [6.45, 7) is 1.96. The first-order valence-corrected chi connectivity index (χ1v) is 11.8. The minimum absolute atomic E-state index is 0.0594. The standard InChI is InChI=1S/C16H22N8O9S2/c1-16(2,12(27)28)33-21-9(8-6-34-13(17)20-8)10(25)19-7-5-24(11(7)26)15(30)22-35(31,32)23(4)14(29)18-3/h6-7H,5H2,1-4H3,(H2,17,20)(H,18,29)(H,19,25)(H,22,30)(H,27,28)/t7-/m0/s1. The van der Waals surface area contributed by atoms with Gasteiger partial charge in [0.1, 0.15) is 11.7 Å². The lowest BCUT2D eigenvalue weighted by Crippen LogP contribution is -2.68. The average Bonchev–Trinajstić information content (AvgIpc) is 3.19. The van der Waals surface area contributed by atoms with Gasteiger partial charge in [-0.3, -0.25) is 14.5 Å². The molecule has 0 spiro atoms. The van der Waals surface area contributed by atoms with E-state index < -0.39 is 64.0 Å². The van der Waals surface area contributed by atoms with E-state index >= 15 is 0 Å². The zero-order chi connectivity index (χ0) is 26.7. The van der Waals surface area contributed by atoms with Crippen LogP contribution in [0.5, 0.6) is 0 Å². The number of amides is 6. The number of nitrogens with two attached hydrogens (primary N) is 1. The lowest BCUT2D eigenvalue weighted by molar-refractivity contribution is -0.161. The van der Waals surface area contributed by atoms with Gasteiger partial charge in [0.15, 0.2) is 10.8 Å². The van der Waals surface area contributed by atoms with Crippen molar-refractivity contribution in [2.75, 3.05) is 26.4 Å². The minimum Gasteiger partial charge on any atom is -0.478 e. The number of hydrogen-bond donors (Lipinski definition) is 5. The molecule has 0 radical (unpaired) electrons. The van der Waals surface area contributed by atoms with Crippen molar-refractivity contribution in [1.29, 1.82) is 0 Å². The van der Waals surface area contributed by atoms with Crippen LogP contribution < -0.4 is 21.1 Å². The van der Waals surface area contributed by atoms with Crippen LogP contribution in [-0.4, -0.2) is 95.6 Å². The number of carbonyl (C=O) groups is 5. The van der Waals surface area contributed by atoms with Crippen LogP contribution >= 0.6 is 11.3 Å². The Morgan fingerprint density at radius 2 is 2.00 bits per heavy atom. The normalized spacial score (nSPS) is 16.1. The summed E-state index contributed by atoms with van der Waals surface area (Å²) in [5, 5.41) is 18.5. The number of nitrogens with zero attached hydrogens (tertiary/aromatic N) is 4. The molecule has 1 aromatic rings. The molecule has 0 bridgehead atoms. The number of rotatable bonds is 8. The lowest BCUT2D eigenvalue weighted by Gasteiger charge is -2.36. The summed E-state index contributed by atoms with van der Waals surface area (Å²) in [6.07, 6.45) is 0. The van der Waals surface area contributed by atoms with E-state index in [1.807, 2.05) is 0 Å². The third kappa shape index (κ3) is 6.12. The van der Waals surface area contributed by atoms with E-state index in [9.17, 15) is 32.4 Å². The highest BCUT2D eigenvalue weighted by Gasteiger charge is 2.44. The molecule has 2 heterocycles. The smallest absolute Gasteiger partial charge is 0.350 e. The Hall–Kier alpha value is -4.00. The van der Waals surface area contributed by atoms with Gasteiger partial charge in [0.2, 0.25) is 5.60 Å². The maximum Gasteiger partial charge on any atom is 0.350 e. The molecule has 6 N–H and O–H groups in total. The number of oxime groups is 1. The Labute approximate surface area is 202 Å². The number of urea groups is 2. The van der Waals surface area contributed by atoms with Crippen LogP contribution in [0.4, 0.5) is 14.7 Å². The van der Waals surface area contributed by atoms with E-state index in [1.165, 1.54) is 26.3 Å². The van der Waals surface area contributed by atoms with Gasteiger partial charge in [0, 0.05) is 19.5 Å². The summed E-state index contributed by atoms with van der Waals surface area (Å²) >= 11 is 0.961. The molecule has 1 saturated heterocycles. The zero-order valence-corrected chi connectivity index (χ0v) is 20.4. The molecule has 0 aliphatic carbocycles. The molecule has 2 rings (SSSR count). The van der Waals surface area contributed by atoms with Crippen LogP contribution in [0, 0.1) is 0 Å². The Balaban J connectivity index is 2.10. The predicted molar refractivity (Wildman–Crippen MR) is 119 cm³/mol. The Bertz CT molecular complexity index is 1190. The van der Waals surface area contributed by atoms with Gasteiger partial charge in [-0.25, -0.2) is 28.4 Å². The molecular weight excluding hydrogens is 512 g/mol. The van der Waals surface area contributed by atoms with Crippen LogP contribution in [0.1, 0.15) is 19.5 Å². The number of anilines is 1. The second kappa shape index (κ2) is 10.1. The van der Waals surface area contributed by atoms with E-state index in [2.05, 4.69) is 20.8 Å². The van der Waals surface area contributed by atoms with E-state index in [1.54, 1.807) is 4.72 Å². The van der Waals surface area contributed by atoms with Crippen LogP contribution in [0.3, 0.4) is 0 Å². The van der Waals surface area contributed by atoms with Crippen LogP contribution in [0.25, 0.3) is 0 Å². The summed E-state index contributed by atoms with van der Waals surface area (Å²) in [5.41, 5.74) is 3.21. The number of β-lactam (4-membered cyclic amide) rings is 1. The minimum atomic E-state index is -4.59. The van der Waals surface area contributed by atoms with Crippen molar-refractivity contribution >= 4 is 62.2 Å². The largest absolute Gasteiger partial charge is 0.478 e. The first kappa shape index (κ1) is 27.2. The van der Waals surface area contributed by atoms with Gasteiger partial charge in [0.25, 0.3) is 11.8 Å². The van der Waals surface area contributed by atoms with Crippen molar-refractivity contribution in [3.63, 3.8) is 0 Å². The molecule has 1 fully saturated rings. The number of carboxylic acids is 1. The number of hydrogen-bond acceptors (Lipinski definition) is 12. The number of carboxylic acid groups (broad SMARTS) is 1. The van der Waals surface area contributed by atoms with Crippen molar-refractivity contribution in [3.8, 4) is 0 Å². The second-order valence-electron chi connectivity index (χ2n) is 7.33. The summed E-state index contributed by atoms with van der Waals surface area (Å²) in [4.78, 5) is 69.2. The Morgan fingerprint density at radius 1 is 1.37 bits per heavy atom. The third-order valence-electron chi connectivity index (χ3n) is 4.42. The molecule has 0 unspecified atom stereocenters. The number of aliphatic carboxylic acids is 1. The monoisotopic (exact) mass is 534 g/mol. The van der Waals surface area contributed by atoms with E-state index in [0.29, 0.717) is 4.90 Å². The zero-order valence-electron chi connectivity index (χ0n) is 18.8. The molecule has 1 aliphatic heterocycles. The van der Waals surface area contributed by atoms with Crippen molar-refractivity contribution < 1.29 is 42.3 Å². The van der Waals surface area contributed by atoms with Gasteiger partial charge >= 0.3 is 28.2 Å². The number of likely N-dealkylation sites (tertiary alicyclic amines) is 1. The molecule has 1 aromatic heterocycles. The Morgan fingerprint density at radius 3 is 2.49 bits per heavy atom. The van der Waals surface area contributed by atoms with Crippen molar-refractivity contribution in [1.82, 2.24) is 29.5 Å². The van der Waals surface area contributed by atoms with Gasteiger partial charge in [-0.05, 0) is 13.8 Å². The van der Waals surface area contributed by atoms with Crippen molar-refractivity contribution in [2.45, 2.75) is 25.5 Å². The van der Waals surface area contributed by atoms with E-state index in [4.69, 9.17) is 15.7 Å². The molecule has 192 valence electrons. The Kier molecular flexibility index (Phi) is 7.86. The van der Waals surface area contributed by atoms with Crippen molar-refractivity contribution in [3.05, 3.63) is 11.1 Å². The lowest BCUT2D eigenvalue weighted by atomic mass is 10.1. The molecule has 19 heteroatoms. The molecule has 1 atom stereocenters. The fourth-order valence-electron chi connectivity index (χ4n) is 2.24. The maximum atomic E-state index is 12.7. The highest BCUT2D eigenvalue weighted by atomic mass is 32.2. The van der Waals surface area contributed by atoms with Crippen LogP contribution in [0.2, 0.25) is 0 Å². The number of thiazole rings is 1. The van der Waals surface area contributed by atoms with E-state index in [0.717, 1.165) is 18.4 Å².